The van der Waals surface area contributed by atoms with E-state index in [4.69, 9.17) is 28.9 Å². The number of benzene rings is 1. The smallest absolute Gasteiger partial charge is 0.221 e. The molecule has 1 aromatic carbocycles. The molecule has 7 heteroatoms. The Balaban J connectivity index is 2.37. The predicted molar refractivity (Wildman–Crippen MR) is 77.2 cm³/mol. The topological polar surface area (TPSA) is 64.7 Å². The minimum atomic E-state index is -0.472. The van der Waals surface area contributed by atoms with Gasteiger partial charge in [-0.2, -0.15) is 0 Å². The number of aromatic nitrogens is 3. The molecular formula is C13H7Cl2FN4. The molecule has 0 unspecified atom stereocenters. The summed E-state index contributed by atoms with van der Waals surface area (Å²) in [5, 5.41) is 0.544. The normalized spacial score (nSPS) is 10.9. The van der Waals surface area contributed by atoms with Gasteiger partial charge in [-0.05, 0) is 30.3 Å². The number of pyridine rings is 1. The summed E-state index contributed by atoms with van der Waals surface area (Å²) in [5.74, 6) is -0.406. The minimum Gasteiger partial charge on any atom is -0.368 e. The van der Waals surface area contributed by atoms with Gasteiger partial charge in [-0.3, -0.25) is 0 Å². The highest BCUT2D eigenvalue weighted by atomic mass is 35.5. The molecule has 0 atom stereocenters. The monoisotopic (exact) mass is 308 g/mol. The quantitative estimate of drug-likeness (QED) is 0.696. The molecule has 0 bridgehead atoms. The molecule has 3 rings (SSSR count). The van der Waals surface area contributed by atoms with E-state index in [1.54, 1.807) is 18.2 Å². The van der Waals surface area contributed by atoms with E-state index in [1.807, 2.05) is 0 Å². The second kappa shape index (κ2) is 4.85. The molecule has 0 saturated carbocycles. The SMILES string of the molecule is Nc1nc(-c2cc(F)cc(Cl)c2)c2nc(Cl)ccc2n1. The van der Waals surface area contributed by atoms with Gasteiger partial charge in [-0.25, -0.2) is 19.3 Å². The number of hydrogen-bond acceptors (Lipinski definition) is 4. The molecule has 2 heterocycles. The van der Waals surface area contributed by atoms with E-state index >= 15 is 0 Å². The number of fused-ring (bicyclic) bond motifs is 1. The second-order valence-corrected chi connectivity index (χ2v) is 4.91. The molecule has 4 nitrogen and oxygen atoms in total. The van der Waals surface area contributed by atoms with Gasteiger partial charge in [0, 0.05) is 10.6 Å². The molecule has 3 aromatic rings. The number of halogens is 3. The van der Waals surface area contributed by atoms with Crippen molar-refractivity contribution in [3.8, 4) is 11.3 Å². The number of hydrogen-bond donors (Lipinski definition) is 1. The first-order valence-corrected chi connectivity index (χ1v) is 6.35. The van der Waals surface area contributed by atoms with Crippen LogP contribution in [0.3, 0.4) is 0 Å². The first-order chi connectivity index (χ1) is 9.52. The van der Waals surface area contributed by atoms with Gasteiger partial charge in [-0.1, -0.05) is 23.2 Å². The lowest BCUT2D eigenvalue weighted by atomic mass is 10.1. The first kappa shape index (κ1) is 13.0. The Kier molecular flexibility index (Phi) is 3.16. The maximum absolute atomic E-state index is 13.5. The summed E-state index contributed by atoms with van der Waals surface area (Å²) in [5.41, 5.74) is 7.48. The van der Waals surface area contributed by atoms with E-state index in [2.05, 4.69) is 15.0 Å². The Morgan fingerprint density at radius 3 is 2.55 bits per heavy atom. The molecule has 0 saturated heterocycles. The summed E-state index contributed by atoms with van der Waals surface area (Å²) in [6, 6.07) is 7.36. The highest BCUT2D eigenvalue weighted by Gasteiger charge is 2.12. The fourth-order valence-electron chi connectivity index (χ4n) is 1.90. The van der Waals surface area contributed by atoms with Crippen LogP contribution >= 0.6 is 23.2 Å². The second-order valence-electron chi connectivity index (χ2n) is 4.09. The minimum absolute atomic E-state index is 0.0667. The van der Waals surface area contributed by atoms with Gasteiger partial charge in [0.15, 0.2) is 0 Å². The molecule has 20 heavy (non-hydrogen) atoms. The third-order valence-corrected chi connectivity index (χ3v) is 3.09. The van der Waals surface area contributed by atoms with Crippen LogP contribution in [0.15, 0.2) is 30.3 Å². The van der Waals surface area contributed by atoms with Crippen LogP contribution in [-0.2, 0) is 0 Å². The summed E-state index contributed by atoms with van der Waals surface area (Å²) in [7, 11) is 0. The Bertz CT molecular complexity index is 803. The fraction of sp³-hybridized carbons (Fsp3) is 0. The number of anilines is 1. The molecule has 2 aromatic heterocycles. The third-order valence-electron chi connectivity index (χ3n) is 2.66. The molecule has 0 aliphatic carbocycles. The summed E-state index contributed by atoms with van der Waals surface area (Å²) < 4.78 is 13.5. The lowest BCUT2D eigenvalue weighted by molar-refractivity contribution is 0.628. The Labute approximate surface area is 123 Å². The van der Waals surface area contributed by atoms with Crippen molar-refractivity contribution < 1.29 is 4.39 Å². The van der Waals surface area contributed by atoms with Gasteiger partial charge in [0.25, 0.3) is 0 Å². The van der Waals surface area contributed by atoms with E-state index < -0.39 is 5.82 Å². The maximum Gasteiger partial charge on any atom is 0.221 e. The Morgan fingerprint density at radius 1 is 1.00 bits per heavy atom. The van der Waals surface area contributed by atoms with E-state index in [1.165, 1.54) is 12.1 Å². The summed E-state index contributed by atoms with van der Waals surface area (Å²) >= 11 is 11.7. The van der Waals surface area contributed by atoms with Crippen molar-refractivity contribution in [3.05, 3.63) is 46.3 Å². The molecule has 0 amide bonds. The van der Waals surface area contributed by atoms with Crippen molar-refractivity contribution >= 4 is 40.2 Å². The van der Waals surface area contributed by atoms with Crippen molar-refractivity contribution in [1.29, 1.82) is 0 Å². The molecule has 0 radical (unpaired) electrons. The van der Waals surface area contributed by atoms with Crippen molar-refractivity contribution in [2.24, 2.45) is 0 Å². The highest BCUT2D eigenvalue weighted by Crippen LogP contribution is 2.29. The van der Waals surface area contributed by atoms with Gasteiger partial charge in [0.1, 0.15) is 22.2 Å². The van der Waals surface area contributed by atoms with Crippen LogP contribution < -0.4 is 5.73 Å². The lowest BCUT2D eigenvalue weighted by Gasteiger charge is -2.07. The van der Waals surface area contributed by atoms with Crippen LogP contribution in [0, 0.1) is 5.82 Å². The van der Waals surface area contributed by atoms with Gasteiger partial charge >= 0.3 is 0 Å². The van der Waals surface area contributed by atoms with E-state index in [0.717, 1.165) is 0 Å². The van der Waals surface area contributed by atoms with Crippen LogP contribution in [-0.4, -0.2) is 15.0 Å². The van der Waals surface area contributed by atoms with Crippen LogP contribution in [0.2, 0.25) is 10.2 Å². The zero-order chi connectivity index (χ0) is 14.3. The van der Waals surface area contributed by atoms with Crippen LogP contribution in [0.1, 0.15) is 0 Å². The predicted octanol–water partition coefficient (Wildman–Crippen LogP) is 3.72. The third kappa shape index (κ3) is 2.37. The fourth-order valence-corrected chi connectivity index (χ4v) is 2.27. The number of nitrogens with zero attached hydrogens (tertiary/aromatic N) is 3. The Hall–Kier alpha value is -1.98. The Morgan fingerprint density at radius 2 is 1.80 bits per heavy atom. The molecule has 2 N–H and O–H groups in total. The van der Waals surface area contributed by atoms with Crippen LogP contribution in [0.4, 0.5) is 10.3 Å². The molecule has 0 fully saturated rings. The first-order valence-electron chi connectivity index (χ1n) is 5.59. The van der Waals surface area contributed by atoms with Gasteiger partial charge < -0.3 is 5.73 Å². The molecule has 0 aliphatic heterocycles. The average Bonchev–Trinajstić information content (AvgIpc) is 2.37. The van der Waals surface area contributed by atoms with Gasteiger partial charge in [-0.15, -0.1) is 0 Å². The van der Waals surface area contributed by atoms with Crippen LogP contribution in [0.5, 0.6) is 0 Å². The van der Waals surface area contributed by atoms with Gasteiger partial charge in [0.2, 0.25) is 5.95 Å². The molecule has 100 valence electrons. The lowest BCUT2D eigenvalue weighted by Crippen LogP contribution is -1.99. The summed E-state index contributed by atoms with van der Waals surface area (Å²) in [6.45, 7) is 0. The van der Waals surface area contributed by atoms with Crippen molar-refractivity contribution in [2.45, 2.75) is 0 Å². The van der Waals surface area contributed by atoms with E-state index in [-0.39, 0.29) is 16.1 Å². The van der Waals surface area contributed by atoms with Crippen molar-refractivity contribution in [2.75, 3.05) is 5.73 Å². The largest absolute Gasteiger partial charge is 0.368 e. The molecule has 0 aliphatic rings. The number of nitrogen functional groups attached to an aromatic ring is 1. The summed E-state index contributed by atoms with van der Waals surface area (Å²) in [6.07, 6.45) is 0. The zero-order valence-electron chi connectivity index (χ0n) is 9.94. The summed E-state index contributed by atoms with van der Waals surface area (Å²) in [4.78, 5) is 12.4. The van der Waals surface area contributed by atoms with Crippen molar-refractivity contribution in [1.82, 2.24) is 15.0 Å². The van der Waals surface area contributed by atoms with E-state index in [9.17, 15) is 4.39 Å². The highest BCUT2D eigenvalue weighted by molar-refractivity contribution is 6.31. The number of nitrogens with two attached hydrogens (primary N) is 1. The van der Waals surface area contributed by atoms with E-state index in [0.29, 0.717) is 22.3 Å². The number of rotatable bonds is 1. The standard InChI is InChI=1S/C13H7Cl2FN4/c14-7-3-6(4-8(16)5-7)11-12-9(18-13(17)20-11)1-2-10(15)19-12/h1-5H,(H2,17,18,20). The van der Waals surface area contributed by atoms with Crippen molar-refractivity contribution in [3.63, 3.8) is 0 Å². The van der Waals surface area contributed by atoms with Crippen LogP contribution in [0.25, 0.3) is 22.3 Å². The van der Waals surface area contributed by atoms with Gasteiger partial charge in [0.05, 0.1) is 5.52 Å². The molecule has 0 spiro atoms. The maximum atomic E-state index is 13.5. The zero-order valence-corrected chi connectivity index (χ0v) is 11.5. The average molecular weight is 309 g/mol. The molecular weight excluding hydrogens is 302 g/mol.